The Balaban J connectivity index is 3.14. The van der Waals surface area contributed by atoms with E-state index in [1.165, 1.54) is 25.1 Å². The summed E-state index contributed by atoms with van der Waals surface area (Å²) >= 11 is 11.6. The van der Waals surface area contributed by atoms with Crippen LogP contribution in [0.15, 0.2) is 18.2 Å². The fourth-order valence-electron chi connectivity index (χ4n) is 2.07. The first-order chi connectivity index (χ1) is 11.2. The Kier molecular flexibility index (Phi) is 7.99. The van der Waals surface area contributed by atoms with Gasteiger partial charge in [0.05, 0.1) is 22.6 Å². The number of esters is 1. The molecule has 0 radical (unpaired) electrons. The molecular formula is C15H15Cl2F3O4. The molecule has 1 aromatic carbocycles. The minimum atomic E-state index is -4.85. The topological polar surface area (TPSA) is 52.6 Å². The van der Waals surface area contributed by atoms with Crippen molar-refractivity contribution < 1.29 is 32.2 Å². The molecule has 0 amide bonds. The normalized spacial score (nSPS) is 14.1. The van der Waals surface area contributed by atoms with Crippen LogP contribution < -0.4 is 0 Å². The highest BCUT2D eigenvalue weighted by Gasteiger charge is 2.49. The van der Waals surface area contributed by atoms with E-state index < -0.39 is 30.8 Å². The van der Waals surface area contributed by atoms with Crippen molar-refractivity contribution in [3.05, 3.63) is 33.8 Å². The second-order valence-electron chi connectivity index (χ2n) is 4.77. The van der Waals surface area contributed by atoms with Gasteiger partial charge in [-0.25, -0.2) is 0 Å². The number of hydrogen-bond acceptors (Lipinski definition) is 4. The van der Waals surface area contributed by atoms with Crippen LogP contribution in [0.4, 0.5) is 13.2 Å². The van der Waals surface area contributed by atoms with Crippen molar-refractivity contribution in [2.24, 2.45) is 5.92 Å². The van der Waals surface area contributed by atoms with E-state index in [2.05, 4.69) is 4.74 Å². The SMILES string of the molecule is CCOC(=O)C(Cc1ccc(Cl)c(Cl)c1)C(OCC=O)C(F)(F)F. The van der Waals surface area contributed by atoms with E-state index in [-0.39, 0.29) is 29.4 Å². The molecular weight excluding hydrogens is 372 g/mol. The maximum Gasteiger partial charge on any atom is 0.415 e. The van der Waals surface area contributed by atoms with Gasteiger partial charge in [-0.05, 0) is 31.0 Å². The Morgan fingerprint density at radius 1 is 1.29 bits per heavy atom. The van der Waals surface area contributed by atoms with Crippen LogP contribution in [0.3, 0.4) is 0 Å². The van der Waals surface area contributed by atoms with Crippen LogP contribution >= 0.6 is 23.2 Å². The molecule has 9 heteroatoms. The van der Waals surface area contributed by atoms with Gasteiger partial charge in [-0.2, -0.15) is 13.2 Å². The van der Waals surface area contributed by atoms with Crippen LogP contribution in [-0.2, 0) is 25.5 Å². The van der Waals surface area contributed by atoms with Gasteiger partial charge < -0.3 is 14.3 Å². The molecule has 4 nitrogen and oxygen atoms in total. The van der Waals surface area contributed by atoms with Gasteiger partial charge >= 0.3 is 12.1 Å². The highest BCUT2D eigenvalue weighted by molar-refractivity contribution is 6.42. The molecule has 0 aliphatic heterocycles. The molecule has 0 aromatic heterocycles. The molecule has 0 saturated heterocycles. The van der Waals surface area contributed by atoms with Crippen LogP contribution in [0, 0.1) is 5.92 Å². The third kappa shape index (κ3) is 5.96. The number of carbonyl (C=O) groups is 2. The maximum atomic E-state index is 13.2. The van der Waals surface area contributed by atoms with Crippen LogP contribution in [0.5, 0.6) is 0 Å². The summed E-state index contributed by atoms with van der Waals surface area (Å²) in [7, 11) is 0. The van der Waals surface area contributed by atoms with Gasteiger partial charge in [0.25, 0.3) is 0 Å². The van der Waals surface area contributed by atoms with Crippen molar-refractivity contribution in [2.75, 3.05) is 13.2 Å². The summed E-state index contributed by atoms with van der Waals surface area (Å²) in [5.41, 5.74) is 0.353. The van der Waals surface area contributed by atoms with E-state index >= 15 is 0 Å². The van der Waals surface area contributed by atoms with E-state index in [4.69, 9.17) is 27.9 Å². The predicted molar refractivity (Wildman–Crippen MR) is 82.1 cm³/mol. The predicted octanol–water partition coefficient (Wildman–Crippen LogP) is 3.86. The largest absolute Gasteiger partial charge is 0.466 e. The Hall–Kier alpha value is -1.31. The van der Waals surface area contributed by atoms with Crippen molar-refractivity contribution in [1.29, 1.82) is 0 Å². The first-order valence-electron chi connectivity index (χ1n) is 6.93. The summed E-state index contributed by atoms with van der Waals surface area (Å²) in [4.78, 5) is 22.4. The van der Waals surface area contributed by atoms with Gasteiger partial charge in [0.1, 0.15) is 12.9 Å². The minimum absolute atomic E-state index is 0.0883. The average molecular weight is 387 g/mol. The molecule has 0 bridgehead atoms. The smallest absolute Gasteiger partial charge is 0.415 e. The summed E-state index contributed by atoms with van der Waals surface area (Å²) in [6, 6.07) is 4.23. The van der Waals surface area contributed by atoms with E-state index in [9.17, 15) is 22.8 Å². The molecule has 1 aromatic rings. The number of carbonyl (C=O) groups excluding carboxylic acids is 2. The summed E-state index contributed by atoms with van der Waals surface area (Å²) in [5.74, 6) is -2.75. The van der Waals surface area contributed by atoms with Crippen LogP contribution in [0.1, 0.15) is 12.5 Å². The molecule has 0 saturated carbocycles. The Morgan fingerprint density at radius 2 is 1.96 bits per heavy atom. The second-order valence-corrected chi connectivity index (χ2v) is 5.59. The van der Waals surface area contributed by atoms with Crippen molar-refractivity contribution in [3.8, 4) is 0 Å². The first kappa shape index (κ1) is 20.7. The van der Waals surface area contributed by atoms with E-state index in [0.717, 1.165) is 0 Å². The maximum absolute atomic E-state index is 13.2. The van der Waals surface area contributed by atoms with Gasteiger partial charge in [-0.1, -0.05) is 29.3 Å². The van der Waals surface area contributed by atoms with Crippen molar-refractivity contribution >= 4 is 35.5 Å². The number of hydrogen-bond donors (Lipinski definition) is 0. The standard InChI is InChI=1S/C15H15Cl2F3O4/c1-2-23-14(22)10(13(15(18,19)20)24-6-5-21)7-9-3-4-11(16)12(17)8-9/h3-5,8,10,13H,2,6-7H2,1H3. The average Bonchev–Trinajstić information content (AvgIpc) is 2.49. The lowest BCUT2D eigenvalue weighted by Gasteiger charge is -2.27. The van der Waals surface area contributed by atoms with Gasteiger partial charge in [-0.3, -0.25) is 4.79 Å². The van der Waals surface area contributed by atoms with E-state index in [1.54, 1.807) is 0 Å². The lowest BCUT2D eigenvalue weighted by Crippen LogP contribution is -2.44. The Morgan fingerprint density at radius 3 is 2.46 bits per heavy atom. The van der Waals surface area contributed by atoms with Gasteiger partial charge in [0.2, 0.25) is 0 Å². The van der Waals surface area contributed by atoms with Crippen molar-refractivity contribution in [2.45, 2.75) is 25.6 Å². The third-order valence-corrected chi connectivity index (χ3v) is 3.80. The molecule has 24 heavy (non-hydrogen) atoms. The summed E-state index contributed by atoms with van der Waals surface area (Å²) < 4.78 is 49.0. The zero-order valence-electron chi connectivity index (χ0n) is 12.6. The fraction of sp³-hybridized carbons (Fsp3) is 0.467. The van der Waals surface area contributed by atoms with Crippen molar-refractivity contribution in [1.82, 2.24) is 0 Å². The molecule has 1 rings (SSSR count). The molecule has 2 atom stereocenters. The van der Waals surface area contributed by atoms with Crippen LogP contribution in [-0.4, -0.2) is 37.7 Å². The lowest BCUT2D eigenvalue weighted by atomic mass is 9.93. The molecule has 134 valence electrons. The number of rotatable bonds is 8. The number of ether oxygens (including phenoxy) is 2. The second kappa shape index (κ2) is 9.25. The van der Waals surface area contributed by atoms with Gasteiger partial charge in [-0.15, -0.1) is 0 Å². The van der Waals surface area contributed by atoms with Crippen molar-refractivity contribution in [3.63, 3.8) is 0 Å². The zero-order valence-corrected chi connectivity index (χ0v) is 14.1. The quantitative estimate of drug-likeness (QED) is 0.502. The summed E-state index contributed by atoms with van der Waals surface area (Å²) in [6.45, 7) is 0.597. The third-order valence-electron chi connectivity index (χ3n) is 3.06. The summed E-state index contributed by atoms with van der Waals surface area (Å²) in [6.07, 6.45) is -7.48. The highest BCUT2D eigenvalue weighted by Crippen LogP contribution is 2.32. The molecule has 0 aliphatic carbocycles. The molecule has 2 unspecified atom stereocenters. The fourth-order valence-corrected chi connectivity index (χ4v) is 2.39. The molecule has 0 fully saturated rings. The first-order valence-corrected chi connectivity index (χ1v) is 7.68. The van der Waals surface area contributed by atoms with Gasteiger partial charge in [0.15, 0.2) is 6.10 Å². The Bertz CT molecular complexity index is 578. The van der Waals surface area contributed by atoms with Gasteiger partial charge in [0, 0.05) is 0 Å². The molecule has 0 heterocycles. The molecule has 0 aliphatic rings. The summed E-state index contributed by atoms with van der Waals surface area (Å²) in [5, 5.41) is 0.381. The Labute approximate surface area is 146 Å². The number of alkyl halides is 3. The number of benzene rings is 1. The zero-order chi connectivity index (χ0) is 18.3. The monoisotopic (exact) mass is 386 g/mol. The van der Waals surface area contributed by atoms with E-state index in [1.807, 2.05) is 0 Å². The van der Waals surface area contributed by atoms with E-state index in [0.29, 0.717) is 5.56 Å². The minimum Gasteiger partial charge on any atom is -0.466 e. The van der Waals surface area contributed by atoms with Crippen LogP contribution in [0.2, 0.25) is 10.0 Å². The number of aldehydes is 1. The molecule has 0 N–H and O–H groups in total. The lowest BCUT2D eigenvalue weighted by molar-refractivity contribution is -0.237. The number of halogens is 5. The highest BCUT2D eigenvalue weighted by atomic mass is 35.5. The van der Waals surface area contributed by atoms with Crippen LogP contribution in [0.25, 0.3) is 0 Å². The molecule has 0 spiro atoms.